The summed E-state index contributed by atoms with van der Waals surface area (Å²) in [6.07, 6.45) is -0.984. The normalized spacial score (nSPS) is 16.4. The van der Waals surface area contributed by atoms with Gasteiger partial charge in [-0.2, -0.15) is 13.2 Å². The Morgan fingerprint density at radius 2 is 2.00 bits per heavy atom. The van der Waals surface area contributed by atoms with Crippen molar-refractivity contribution in [3.63, 3.8) is 0 Å². The molecule has 1 saturated carbocycles. The third-order valence-corrected chi connectivity index (χ3v) is 4.59. The van der Waals surface area contributed by atoms with Crippen LogP contribution in [-0.4, -0.2) is 32.3 Å². The van der Waals surface area contributed by atoms with Crippen LogP contribution in [0.25, 0.3) is 0 Å². The summed E-state index contributed by atoms with van der Waals surface area (Å²) in [6.45, 7) is 7.13. The van der Waals surface area contributed by atoms with E-state index >= 15 is 0 Å². The molecule has 0 heterocycles. The van der Waals surface area contributed by atoms with Gasteiger partial charge in [-0.3, -0.25) is 0 Å². The third kappa shape index (κ3) is 6.52. The van der Waals surface area contributed by atoms with Crippen LogP contribution in [0.4, 0.5) is 13.2 Å². The van der Waals surface area contributed by atoms with Gasteiger partial charge in [-0.25, -0.2) is 4.99 Å². The minimum absolute atomic E-state index is 0.200. The van der Waals surface area contributed by atoms with Crippen LogP contribution in [0, 0.1) is 5.41 Å². The van der Waals surface area contributed by atoms with Crippen LogP contribution in [0.3, 0.4) is 0 Å². The Labute approximate surface area is 153 Å². The van der Waals surface area contributed by atoms with Gasteiger partial charge >= 0.3 is 6.18 Å². The summed E-state index contributed by atoms with van der Waals surface area (Å²) < 4.78 is 43.9. The average molecular weight is 371 g/mol. The first-order chi connectivity index (χ1) is 12.4. The van der Waals surface area contributed by atoms with Crippen LogP contribution in [0.2, 0.25) is 0 Å². The minimum atomic E-state index is -4.33. The van der Waals surface area contributed by atoms with Crippen molar-refractivity contribution >= 4 is 5.96 Å². The highest BCUT2D eigenvalue weighted by Gasteiger charge is 2.41. The van der Waals surface area contributed by atoms with Gasteiger partial charge in [0.2, 0.25) is 0 Å². The van der Waals surface area contributed by atoms with E-state index in [1.165, 1.54) is 18.9 Å². The zero-order chi connectivity index (χ0) is 19.0. The molecule has 2 N–H and O–H groups in total. The molecular formula is C19H28F3N3O. The molecule has 0 atom stereocenters. The van der Waals surface area contributed by atoms with Gasteiger partial charge in [0.05, 0.1) is 12.1 Å². The molecule has 1 fully saturated rings. The number of halogens is 3. The van der Waals surface area contributed by atoms with E-state index in [9.17, 15) is 13.2 Å². The molecule has 0 bridgehead atoms. The topological polar surface area (TPSA) is 45.7 Å². The first-order valence-electron chi connectivity index (χ1n) is 9.14. The smallest absolute Gasteiger partial charge is 0.382 e. The second-order valence-electron chi connectivity index (χ2n) is 6.69. The molecular weight excluding hydrogens is 343 g/mol. The van der Waals surface area contributed by atoms with Gasteiger partial charge in [-0.1, -0.05) is 12.1 Å². The van der Waals surface area contributed by atoms with Gasteiger partial charge in [0, 0.05) is 26.3 Å². The first-order valence-corrected chi connectivity index (χ1v) is 9.14. The van der Waals surface area contributed by atoms with Crippen molar-refractivity contribution in [1.82, 2.24) is 10.6 Å². The highest BCUT2D eigenvalue weighted by molar-refractivity contribution is 5.79. The Balaban J connectivity index is 1.92. The van der Waals surface area contributed by atoms with E-state index < -0.39 is 11.7 Å². The van der Waals surface area contributed by atoms with Crippen molar-refractivity contribution in [3.05, 3.63) is 35.4 Å². The number of rotatable bonds is 9. The van der Waals surface area contributed by atoms with Crippen molar-refractivity contribution < 1.29 is 17.9 Å². The second-order valence-corrected chi connectivity index (χ2v) is 6.69. The summed E-state index contributed by atoms with van der Waals surface area (Å²) in [7, 11) is 0. The molecule has 0 aromatic heterocycles. The molecule has 0 aliphatic heterocycles. The SMILES string of the molecule is CCNC(=NCc1cccc(C(F)(F)F)c1)NCC1(CCOCC)CC1. The predicted molar refractivity (Wildman–Crippen MR) is 97.0 cm³/mol. The van der Waals surface area contributed by atoms with E-state index in [1.807, 2.05) is 13.8 Å². The number of ether oxygens (including phenoxy) is 1. The van der Waals surface area contributed by atoms with Crippen molar-refractivity contribution in [2.75, 3.05) is 26.3 Å². The lowest BCUT2D eigenvalue weighted by molar-refractivity contribution is -0.137. The molecule has 0 amide bonds. The van der Waals surface area contributed by atoms with Crippen LogP contribution < -0.4 is 10.6 Å². The van der Waals surface area contributed by atoms with Crippen molar-refractivity contribution in [2.24, 2.45) is 10.4 Å². The van der Waals surface area contributed by atoms with E-state index in [4.69, 9.17) is 4.74 Å². The lowest BCUT2D eigenvalue weighted by Gasteiger charge is -2.18. The van der Waals surface area contributed by atoms with Gasteiger partial charge in [0.1, 0.15) is 0 Å². The number of alkyl halides is 3. The first kappa shape index (κ1) is 20.6. The van der Waals surface area contributed by atoms with Gasteiger partial charge in [0.15, 0.2) is 5.96 Å². The summed E-state index contributed by atoms with van der Waals surface area (Å²) in [4.78, 5) is 4.43. The van der Waals surface area contributed by atoms with Crippen LogP contribution in [0.15, 0.2) is 29.3 Å². The Bertz CT molecular complexity index is 598. The van der Waals surface area contributed by atoms with E-state index in [0.29, 0.717) is 18.1 Å². The number of guanidine groups is 1. The summed E-state index contributed by atoms with van der Waals surface area (Å²) in [5.74, 6) is 0.632. The summed E-state index contributed by atoms with van der Waals surface area (Å²) >= 11 is 0. The summed E-state index contributed by atoms with van der Waals surface area (Å²) in [5.41, 5.74) is 0.159. The lowest BCUT2D eigenvalue weighted by Crippen LogP contribution is -2.40. The molecule has 0 unspecified atom stereocenters. The summed E-state index contributed by atoms with van der Waals surface area (Å²) in [6, 6.07) is 5.30. The van der Waals surface area contributed by atoms with Crippen molar-refractivity contribution in [2.45, 2.75) is 45.8 Å². The van der Waals surface area contributed by atoms with E-state index in [0.717, 1.165) is 38.3 Å². The maximum Gasteiger partial charge on any atom is 0.416 e. The number of nitrogens with zero attached hydrogens (tertiary/aromatic N) is 1. The Morgan fingerprint density at radius 3 is 2.62 bits per heavy atom. The van der Waals surface area contributed by atoms with Crippen LogP contribution in [0.5, 0.6) is 0 Å². The molecule has 26 heavy (non-hydrogen) atoms. The molecule has 0 spiro atoms. The summed E-state index contributed by atoms with van der Waals surface area (Å²) in [5, 5.41) is 6.48. The highest BCUT2D eigenvalue weighted by Crippen LogP contribution is 2.48. The molecule has 146 valence electrons. The number of nitrogens with one attached hydrogen (secondary N) is 2. The van der Waals surface area contributed by atoms with Crippen LogP contribution in [0.1, 0.15) is 44.2 Å². The molecule has 1 aliphatic carbocycles. The van der Waals surface area contributed by atoms with E-state index in [2.05, 4.69) is 15.6 Å². The zero-order valence-electron chi connectivity index (χ0n) is 15.5. The molecule has 1 aromatic rings. The van der Waals surface area contributed by atoms with Crippen LogP contribution in [-0.2, 0) is 17.5 Å². The number of hydrogen-bond acceptors (Lipinski definition) is 2. The zero-order valence-corrected chi connectivity index (χ0v) is 15.5. The van der Waals surface area contributed by atoms with Gasteiger partial charge in [-0.05, 0) is 56.2 Å². The quantitative estimate of drug-likeness (QED) is 0.392. The maximum atomic E-state index is 12.8. The van der Waals surface area contributed by atoms with E-state index in [-0.39, 0.29) is 12.0 Å². The Hall–Kier alpha value is -1.76. The molecule has 1 aliphatic rings. The van der Waals surface area contributed by atoms with E-state index in [1.54, 1.807) is 6.07 Å². The molecule has 2 rings (SSSR count). The Morgan fingerprint density at radius 1 is 1.23 bits per heavy atom. The number of aliphatic imine (C=N–C) groups is 1. The largest absolute Gasteiger partial charge is 0.416 e. The minimum Gasteiger partial charge on any atom is -0.382 e. The maximum absolute atomic E-state index is 12.8. The fourth-order valence-corrected chi connectivity index (χ4v) is 2.75. The monoisotopic (exact) mass is 371 g/mol. The van der Waals surface area contributed by atoms with Crippen molar-refractivity contribution in [1.29, 1.82) is 0 Å². The average Bonchev–Trinajstić information content (AvgIpc) is 3.37. The number of hydrogen-bond donors (Lipinski definition) is 2. The lowest BCUT2D eigenvalue weighted by atomic mass is 10.0. The molecule has 0 saturated heterocycles. The third-order valence-electron chi connectivity index (χ3n) is 4.59. The van der Waals surface area contributed by atoms with Gasteiger partial charge < -0.3 is 15.4 Å². The van der Waals surface area contributed by atoms with Crippen LogP contribution >= 0.6 is 0 Å². The fourth-order valence-electron chi connectivity index (χ4n) is 2.75. The standard InChI is InChI=1S/C19H28F3N3O/c1-3-23-17(25-14-18(8-9-18)10-11-26-4-2)24-13-15-6-5-7-16(12-15)19(20,21)22/h5-7,12H,3-4,8-11,13-14H2,1-2H3,(H2,23,24,25). The molecule has 0 radical (unpaired) electrons. The van der Waals surface area contributed by atoms with Crippen molar-refractivity contribution in [3.8, 4) is 0 Å². The second kappa shape index (κ2) is 9.26. The highest BCUT2D eigenvalue weighted by atomic mass is 19.4. The Kier molecular flexibility index (Phi) is 7.32. The van der Waals surface area contributed by atoms with Gasteiger partial charge in [-0.15, -0.1) is 0 Å². The molecule has 7 heteroatoms. The molecule has 1 aromatic carbocycles. The fraction of sp³-hybridized carbons (Fsp3) is 0.632. The van der Waals surface area contributed by atoms with Gasteiger partial charge in [0.25, 0.3) is 0 Å². The number of benzene rings is 1. The molecule has 4 nitrogen and oxygen atoms in total. The predicted octanol–water partition coefficient (Wildman–Crippen LogP) is 3.97.